The number of nitrogens with two attached hydrogens (primary N) is 1. The maximum atomic E-state index is 11.3. The van der Waals surface area contributed by atoms with Crippen molar-refractivity contribution in [2.24, 2.45) is 5.73 Å². The lowest BCUT2D eigenvalue weighted by Crippen LogP contribution is -2.30. The number of nitriles is 1. The first-order valence-corrected chi connectivity index (χ1v) is 6.17. The second-order valence-corrected chi connectivity index (χ2v) is 5.27. The second kappa shape index (κ2) is 5.95. The zero-order valence-corrected chi connectivity index (χ0v) is 8.68. The Morgan fingerprint density at radius 1 is 1.54 bits per heavy atom. The van der Waals surface area contributed by atoms with Gasteiger partial charge in [0, 0.05) is 12.5 Å². The standard InChI is InChI=1S/C8H16N2O2S/c1-2-8(10)7-13(11,12)6-4-3-5-9/h8H,2-4,6-7,10H2,1H3. The molecule has 2 N–H and O–H groups in total. The molecular weight excluding hydrogens is 188 g/mol. The summed E-state index contributed by atoms with van der Waals surface area (Å²) < 4.78 is 22.6. The molecule has 0 saturated heterocycles. The third-order valence-corrected chi connectivity index (χ3v) is 3.58. The molecule has 76 valence electrons. The molecule has 0 spiro atoms. The van der Waals surface area contributed by atoms with E-state index in [4.69, 9.17) is 11.0 Å². The minimum Gasteiger partial charge on any atom is -0.327 e. The monoisotopic (exact) mass is 204 g/mol. The zero-order chi connectivity index (χ0) is 10.3. The first-order chi connectivity index (χ1) is 6.02. The maximum absolute atomic E-state index is 11.3. The van der Waals surface area contributed by atoms with E-state index in [0.717, 1.165) is 0 Å². The fraction of sp³-hybridized carbons (Fsp3) is 0.875. The van der Waals surface area contributed by atoms with E-state index < -0.39 is 9.84 Å². The van der Waals surface area contributed by atoms with Crippen LogP contribution in [0.4, 0.5) is 0 Å². The van der Waals surface area contributed by atoms with E-state index in [-0.39, 0.29) is 17.5 Å². The Kier molecular flexibility index (Phi) is 5.67. The molecule has 5 heteroatoms. The van der Waals surface area contributed by atoms with Gasteiger partial charge in [0.25, 0.3) is 0 Å². The highest BCUT2D eigenvalue weighted by molar-refractivity contribution is 7.91. The van der Waals surface area contributed by atoms with E-state index in [1.54, 1.807) is 0 Å². The number of hydrogen-bond donors (Lipinski definition) is 1. The van der Waals surface area contributed by atoms with Crippen LogP contribution in [0.3, 0.4) is 0 Å². The van der Waals surface area contributed by atoms with E-state index in [2.05, 4.69) is 0 Å². The van der Waals surface area contributed by atoms with Crippen molar-refractivity contribution in [2.45, 2.75) is 32.2 Å². The third-order valence-electron chi connectivity index (χ3n) is 1.74. The lowest BCUT2D eigenvalue weighted by molar-refractivity contribution is 0.581. The Morgan fingerprint density at radius 2 is 2.15 bits per heavy atom. The third kappa shape index (κ3) is 6.55. The smallest absolute Gasteiger partial charge is 0.151 e. The topological polar surface area (TPSA) is 84.0 Å². The highest BCUT2D eigenvalue weighted by Crippen LogP contribution is 2.00. The molecular formula is C8H16N2O2S. The van der Waals surface area contributed by atoms with Gasteiger partial charge >= 0.3 is 0 Å². The van der Waals surface area contributed by atoms with E-state index in [1.165, 1.54) is 0 Å². The quantitative estimate of drug-likeness (QED) is 0.636. The first-order valence-electron chi connectivity index (χ1n) is 4.34. The molecule has 0 fully saturated rings. The van der Waals surface area contributed by atoms with Crippen LogP contribution in [0.25, 0.3) is 0 Å². The van der Waals surface area contributed by atoms with Crippen LogP contribution in [-0.4, -0.2) is 26.0 Å². The van der Waals surface area contributed by atoms with Gasteiger partial charge in [-0.3, -0.25) is 0 Å². The molecule has 0 radical (unpaired) electrons. The van der Waals surface area contributed by atoms with E-state index in [0.29, 0.717) is 19.3 Å². The molecule has 0 rings (SSSR count). The Labute approximate surface area is 79.7 Å². The number of rotatable bonds is 6. The van der Waals surface area contributed by atoms with Gasteiger partial charge in [0.05, 0.1) is 17.6 Å². The van der Waals surface area contributed by atoms with Gasteiger partial charge in [-0.2, -0.15) is 5.26 Å². The Bertz CT molecular complexity index is 266. The summed E-state index contributed by atoms with van der Waals surface area (Å²) in [7, 11) is -3.04. The van der Waals surface area contributed by atoms with Crippen LogP contribution in [0, 0.1) is 11.3 Å². The van der Waals surface area contributed by atoms with Gasteiger partial charge in [-0.15, -0.1) is 0 Å². The SMILES string of the molecule is CCC(N)CS(=O)(=O)CCCC#N. The molecule has 0 aliphatic rings. The molecule has 0 aliphatic carbocycles. The van der Waals surface area contributed by atoms with Gasteiger partial charge in [0.15, 0.2) is 9.84 Å². The minimum atomic E-state index is -3.04. The van der Waals surface area contributed by atoms with Crippen molar-refractivity contribution in [3.05, 3.63) is 0 Å². The molecule has 13 heavy (non-hydrogen) atoms. The average molecular weight is 204 g/mol. The van der Waals surface area contributed by atoms with Gasteiger partial charge in [-0.25, -0.2) is 8.42 Å². The molecule has 0 amide bonds. The summed E-state index contributed by atoms with van der Waals surface area (Å²) in [4.78, 5) is 0. The van der Waals surface area contributed by atoms with Crippen molar-refractivity contribution in [1.82, 2.24) is 0 Å². The van der Waals surface area contributed by atoms with E-state index in [9.17, 15) is 8.42 Å². The van der Waals surface area contributed by atoms with Crippen molar-refractivity contribution in [2.75, 3.05) is 11.5 Å². The average Bonchev–Trinajstić information content (AvgIpc) is 2.03. The Balaban J connectivity index is 3.89. The van der Waals surface area contributed by atoms with Gasteiger partial charge < -0.3 is 5.73 Å². The van der Waals surface area contributed by atoms with Crippen molar-refractivity contribution in [3.63, 3.8) is 0 Å². The predicted molar refractivity (Wildman–Crippen MR) is 51.8 cm³/mol. The molecule has 0 aromatic rings. The van der Waals surface area contributed by atoms with Crippen molar-refractivity contribution in [1.29, 1.82) is 5.26 Å². The highest BCUT2D eigenvalue weighted by atomic mass is 32.2. The van der Waals surface area contributed by atoms with Gasteiger partial charge in [0.2, 0.25) is 0 Å². The van der Waals surface area contributed by atoms with Crippen molar-refractivity contribution < 1.29 is 8.42 Å². The molecule has 1 atom stereocenters. The summed E-state index contributed by atoms with van der Waals surface area (Å²) in [6.45, 7) is 1.86. The molecule has 0 aromatic carbocycles. The first kappa shape index (κ1) is 12.4. The number of unbranched alkanes of at least 4 members (excludes halogenated alkanes) is 1. The van der Waals surface area contributed by atoms with Crippen LogP contribution in [0.2, 0.25) is 0 Å². The van der Waals surface area contributed by atoms with Crippen LogP contribution in [0.15, 0.2) is 0 Å². The Hall–Kier alpha value is -0.600. The molecule has 0 aromatic heterocycles. The minimum absolute atomic E-state index is 0.0366. The molecule has 0 heterocycles. The van der Waals surface area contributed by atoms with Crippen LogP contribution < -0.4 is 5.73 Å². The molecule has 0 saturated carbocycles. The van der Waals surface area contributed by atoms with Gasteiger partial charge in [-0.05, 0) is 12.8 Å². The summed E-state index contributed by atoms with van der Waals surface area (Å²) in [5.74, 6) is 0.114. The summed E-state index contributed by atoms with van der Waals surface area (Å²) in [5.41, 5.74) is 5.52. The van der Waals surface area contributed by atoms with E-state index >= 15 is 0 Å². The largest absolute Gasteiger partial charge is 0.327 e. The van der Waals surface area contributed by atoms with E-state index in [1.807, 2.05) is 13.0 Å². The van der Waals surface area contributed by atoms with Crippen molar-refractivity contribution >= 4 is 9.84 Å². The molecule has 0 bridgehead atoms. The summed E-state index contributed by atoms with van der Waals surface area (Å²) in [6, 6.07) is 1.64. The molecule has 1 unspecified atom stereocenters. The molecule has 4 nitrogen and oxygen atoms in total. The lowest BCUT2D eigenvalue weighted by atomic mass is 10.3. The van der Waals surface area contributed by atoms with Crippen LogP contribution in [0.5, 0.6) is 0 Å². The zero-order valence-electron chi connectivity index (χ0n) is 7.86. The summed E-state index contributed by atoms with van der Waals surface area (Å²) >= 11 is 0. The fourth-order valence-corrected chi connectivity index (χ4v) is 2.54. The second-order valence-electron chi connectivity index (χ2n) is 3.04. The van der Waals surface area contributed by atoms with Gasteiger partial charge in [0.1, 0.15) is 0 Å². The van der Waals surface area contributed by atoms with Gasteiger partial charge in [-0.1, -0.05) is 6.92 Å². The highest BCUT2D eigenvalue weighted by Gasteiger charge is 2.14. The number of hydrogen-bond acceptors (Lipinski definition) is 4. The number of nitrogens with zero attached hydrogens (tertiary/aromatic N) is 1. The van der Waals surface area contributed by atoms with Crippen LogP contribution in [-0.2, 0) is 9.84 Å². The Morgan fingerprint density at radius 3 is 2.62 bits per heavy atom. The van der Waals surface area contributed by atoms with Crippen molar-refractivity contribution in [3.8, 4) is 6.07 Å². The summed E-state index contributed by atoms with van der Waals surface area (Å²) in [5, 5.41) is 8.22. The fourth-order valence-electron chi connectivity index (χ4n) is 0.898. The van der Waals surface area contributed by atoms with Crippen LogP contribution >= 0.6 is 0 Å². The van der Waals surface area contributed by atoms with Crippen LogP contribution in [0.1, 0.15) is 26.2 Å². The number of sulfone groups is 1. The summed E-state index contributed by atoms with van der Waals surface area (Å²) in [6.07, 6.45) is 1.37. The maximum Gasteiger partial charge on any atom is 0.151 e. The lowest BCUT2D eigenvalue weighted by Gasteiger charge is -2.08. The molecule has 0 aliphatic heterocycles. The normalized spacial score (nSPS) is 13.6. The predicted octanol–water partition coefficient (Wildman–Crippen LogP) is 0.442.